The van der Waals surface area contributed by atoms with Crippen molar-refractivity contribution in [3.8, 4) is 0 Å². The van der Waals surface area contributed by atoms with Crippen molar-refractivity contribution in [2.24, 2.45) is 5.73 Å². The molecule has 34 valence electrons. The molecule has 4 N–H and O–H groups in total. The molecule has 0 aromatic rings. The van der Waals surface area contributed by atoms with Crippen molar-refractivity contribution in [1.29, 1.82) is 0 Å². The summed E-state index contributed by atoms with van der Waals surface area (Å²) in [4.78, 5) is 0. The number of nitrogens with two attached hydrogens (primary N) is 1. The third-order valence-electron chi connectivity index (χ3n) is 0.129. The molecule has 0 unspecified atom stereocenters. The van der Waals surface area contributed by atoms with E-state index in [1.165, 1.54) is 0 Å². The quantitative estimate of drug-likeness (QED) is 0.328. The molecule has 0 rings (SSSR count). The molecular weight excluding hydrogens is 93.0 g/mol. The van der Waals surface area contributed by atoms with E-state index < -0.39 is 0 Å². The molecule has 0 aliphatic carbocycles. The topological polar surface area (TPSA) is 76.2 Å². The Hall–Kier alpha value is 0.880. The number of rotatable bonds is 1. The Morgan fingerprint density at radius 1 is 1.50 bits per heavy atom. The van der Waals surface area contributed by atoms with E-state index in [4.69, 9.17) is 10.8 Å². The van der Waals surface area contributed by atoms with Crippen LogP contribution in [-0.4, -0.2) is 23.7 Å². The van der Waals surface area contributed by atoms with E-state index >= 15 is 0 Å². The normalized spacial score (nSPS) is 5.00. The zero-order chi connectivity index (χ0) is 3.41. The van der Waals surface area contributed by atoms with Gasteiger partial charge in [0.05, 0.1) is 6.61 Å². The van der Waals surface area contributed by atoms with Gasteiger partial charge in [0.1, 0.15) is 0 Å². The standard InChI is InChI=1S/C2H7NO.Na.H2O/c3-1-2-4;;/h4H,1-3H2;;1H2/q;+1;/p-1. The van der Waals surface area contributed by atoms with E-state index in [1.54, 1.807) is 0 Å². The zero-order valence-corrected chi connectivity index (χ0v) is 5.89. The fourth-order valence-electron chi connectivity index (χ4n) is 0. The van der Waals surface area contributed by atoms with Crippen LogP contribution in [0.4, 0.5) is 0 Å². The van der Waals surface area contributed by atoms with Crippen molar-refractivity contribution in [2.75, 3.05) is 13.2 Å². The first-order valence-electron chi connectivity index (χ1n) is 1.22. The van der Waals surface area contributed by atoms with Gasteiger partial charge in [-0.15, -0.1) is 0 Å². The van der Waals surface area contributed by atoms with E-state index in [0.717, 1.165) is 0 Å². The first kappa shape index (κ1) is 15.8. The molecule has 0 spiro atoms. The van der Waals surface area contributed by atoms with E-state index in [0.29, 0.717) is 6.54 Å². The maximum Gasteiger partial charge on any atom is 1.00 e. The Kier molecular flexibility index (Phi) is 44.5. The molecule has 6 heavy (non-hydrogen) atoms. The fraction of sp³-hybridized carbons (Fsp3) is 1.00. The summed E-state index contributed by atoms with van der Waals surface area (Å²) >= 11 is 0. The van der Waals surface area contributed by atoms with Crippen LogP contribution >= 0.6 is 0 Å². The second-order valence-corrected chi connectivity index (χ2v) is 0.512. The number of hydrogen-bond acceptors (Lipinski definition) is 3. The second kappa shape index (κ2) is 16.9. The summed E-state index contributed by atoms with van der Waals surface area (Å²) in [6.07, 6.45) is 0. The van der Waals surface area contributed by atoms with Crippen molar-refractivity contribution in [3.05, 3.63) is 0 Å². The number of aliphatic hydroxyl groups is 1. The van der Waals surface area contributed by atoms with Crippen molar-refractivity contribution < 1.29 is 40.1 Å². The molecule has 3 nitrogen and oxygen atoms in total. The summed E-state index contributed by atoms with van der Waals surface area (Å²) in [5.41, 5.74) is 4.78. The predicted octanol–water partition coefficient (Wildman–Crippen LogP) is -4.24. The Balaban J connectivity index is -0.0000000450. The first-order chi connectivity index (χ1) is 1.91. The van der Waals surface area contributed by atoms with Gasteiger partial charge >= 0.3 is 29.6 Å². The minimum Gasteiger partial charge on any atom is -0.870 e. The van der Waals surface area contributed by atoms with Crippen LogP contribution in [0.2, 0.25) is 0 Å². The van der Waals surface area contributed by atoms with Gasteiger partial charge < -0.3 is 16.3 Å². The van der Waals surface area contributed by atoms with Crippen LogP contribution in [0.1, 0.15) is 0 Å². The summed E-state index contributed by atoms with van der Waals surface area (Å²) in [5.74, 6) is 0. The first-order valence-corrected chi connectivity index (χ1v) is 1.22. The third kappa shape index (κ3) is 20.8. The van der Waals surface area contributed by atoms with Crippen molar-refractivity contribution in [2.45, 2.75) is 0 Å². The van der Waals surface area contributed by atoms with E-state index in [-0.39, 0.29) is 41.6 Å². The number of aliphatic hydroxyl groups excluding tert-OH is 1. The monoisotopic (exact) mass is 101 g/mol. The largest absolute Gasteiger partial charge is 1.00 e. The maximum absolute atomic E-state index is 7.75. The Morgan fingerprint density at radius 2 is 1.67 bits per heavy atom. The van der Waals surface area contributed by atoms with Gasteiger partial charge in [-0.05, 0) is 0 Å². The van der Waals surface area contributed by atoms with Crippen LogP contribution < -0.4 is 35.3 Å². The van der Waals surface area contributed by atoms with Gasteiger partial charge in [0, 0.05) is 6.54 Å². The molecule has 0 saturated heterocycles. The van der Waals surface area contributed by atoms with Gasteiger partial charge in [0.2, 0.25) is 0 Å². The molecule has 0 aromatic heterocycles. The van der Waals surface area contributed by atoms with Gasteiger partial charge in [-0.3, -0.25) is 0 Å². The Labute approximate surface area is 59.1 Å². The molecule has 0 heterocycles. The molecular formula is C2H8NNaO2. The van der Waals surface area contributed by atoms with Crippen LogP contribution in [0.25, 0.3) is 0 Å². The summed E-state index contributed by atoms with van der Waals surface area (Å²) in [6, 6.07) is 0. The molecule has 0 aliphatic heterocycles. The van der Waals surface area contributed by atoms with Crippen molar-refractivity contribution >= 4 is 0 Å². The maximum atomic E-state index is 7.75. The zero-order valence-electron chi connectivity index (χ0n) is 3.89. The molecule has 0 fully saturated rings. The SMILES string of the molecule is NCCO.[Na+].[OH-]. The average molecular weight is 101 g/mol. The minimum absolute atomic E-state index is 0. The third-order valence-corrected chi connectivity index (χ3v) is 0.129. The van der Waals surface area contributed by atoms with E-state index in [2.05, 4.69) is 0 Å². The van der Waals surface area contributed by atoms with Gasteiger partial charge in [-0.2, -0.15) is 0 Å². The molecule has 0 radical (unpaired) electrons. The van der Waals surface area contributed by atoms with Crippen molar-refractivity contribution in [3.63, 3.8) is 0 Å². The van der Waals surface area contributed by atoms with Crippen LogP contribution in [-0.2, 0) is 0 Å². The summed E-state index contributed by atoms with van der Waals surface area (Å²) in [5, 5.41) is 7.75. The average Bonchev–Trinajstić information content (AvgIpc) is 1.37. The van der Waals surface area contributed by atoms with E-state index in [9.17, 15) is 0 Å². The second-order valence-electron chi connectivity index (χ2n) is 0.512. The number of hydrogen-bond donors (Lipinski definition) is 2. The Bertz CT molecular complexity index is 13.5. The molecule has 0 aromatic carbocycles. The van der Waals surface area contributed by atoms with Crippen LogP contribution in [0.3, 0.4) is 0 Å². The van der Waals surface area contributed by atoms with Crippen LogP contribution in [0.15, 0.2) is 0 Å². The Morgan fingerprint density at radius 3 is 1.67 bits per heavy atom. The van der Waals surface area contributed by atoms with Gasteiger partial charge in [0.25, 0.3) is 0 Å². The van der Waals surface area contributed by atoms with E-state index in [1.807, 2.05) is 0 Å². The molecule has 0 bridgehead atoms. The summed E-state index contributed by atoms with van der Waals surface area (Å²) < 4.78 is 0. The van der Waals surface area contributed by atoms with Gasteiger partial charge in [-0.25, -0.2) is 0 Å². The molecule has 0 atom stereocenters. The molecule has 0 aliphatic rings. The predicted molar refractivity (Wildman–Crippen MR) is 18.1 cm³/mol. The van der Waals surface area contributed by atoms with Crippen LogP contribution in [0.5, 0.6) is 0 Å². The molecule has 4 heteroatoms. The van der Waals surface area contributed by atoms with Crippen molar-refractivity contribution in [1.82, 2.24) is 0 Å². The molecule has 0 amide bonds. The minimum atomic E-state index is 0. The summed E-state index contributed by atoms with van der Waals surface area (Å²) in [7, 11) is 0. The fourth-order valence-corrected chi connectivity index (χ4v) is 0. The van der Waals surface area contributed by atoms with Crippen LogP contribution in [0, 0.1) is 0 Å². The molecule has 0 saturated carbocycles. The van der Waals surface area contributed by atoms with Gasteiger partial charge in [-0.1, -0.05) is 0 Å². The van der Waals surface area contributed by atoms with Gasteiger partial charge in [0.15, 0.2) is 0 Å². The summed E-state index contributed by atoms with van der Waals surface area (Å²) in [6.45, 7) is 0.472. The smallest absolute Gasteiger partial charge is 0.870 e.